The van der Waals surface area contributed by atoms with Gasteiger partial charge in [-0.15, -0.1) is 5.10 Å². The number of anilines is 1. The lowest BCUT2D eigenvalue weighted by molar-refractivity contribution is 0.0986. The summed E-state index contributed by atoms with van der Waals surface area (Å²) in [6.45, 7) is 1.68. The second kappa shape index (κ2) is 5.53. The number of carbonyl (C=O) groups excluding carboxylic acids is 1. The molecular weight excluding hydrogens is 270 g/mol. The Morgan fingerprint density at radius 2 is 2.19 bits per heavy atom. The van der Waals surface area contributed by atoms with Crippen LogP contribution in [0, 0.1) is 0 Å². The van der Waals surface area contributed by atoms with Gasteiger partial charge < -0.3 is 15.0 Å². The summed E-state index contributed by atoms with van der Waals surface area (Å²) in [5.74, 6) is 0.432. The van der Waals surface area contributed by atoms with Crippen LogP contribution in [0.3, 0.4) is 0 Å². The van der Waals surface area contributed by atoms with Crippen molar-refractivity contribution >= 4 is 11.6 Å². The van der Waals surface area contributed by atoms with Gasteiger partial charge in [-0.1, -0.05) is 12.1 Å². The molecule has 1 aliphatic rings. The highest BCUT2D eigenvalue weighted by molar-refractivity contribution is 6.04. The molecule has 0 aliphatic carbocycles. The van der Waals surface area contributed by atoms with Crippen molar-refractivity contribution < 1.29 is 9.53 Å². The molecule has 0 saturated carbocycles. The molecule has 1 aromatic carbocycles. The van der Waals surface area contributed by atoms with E-state index in [1.807, 2.05) is 24.3 Å². The number of benzene rings is 1. The predicted octanol–water partition coefficient (Wildman–Crippen LogP) is 0.708. The maximum absolute atomic E-state index is 12.5. The van der Waals surface area contributed by atoms with E-state index >= 15 is 0 Å². The van der Waals surface area contributed by atoms with Crippen molar-refractivity contribution in [3.63, 3.8) is 0 Å². The molecule has 0 bridgehead atoms. The number of para-hydroxylation sites is 2. The number of amides is 1. The molecule has 0 spiro atoms. The zero-order valence-electron chi connectivity index (χ0n) is 12.0. The van der Waals surface area contributed by atoms with Crippen molar-refractivity contribution in [2.45, 2.75) is 6.04 Å². The summed E-state index contributed by atoms with van der Waals surface area (Å²) >= 11 is 0. The molecule has 7 nitrogen and oxygen atoms in total. The van der Waals surface area contributed by atoms with Crippen molar-refractivity contribution in [3.8, 4) is 5.75 Å². The summed E-state index contributed by atoms with van der Waals surface area (Å²) in [6, 6.07) is 7.61. The normalized spacial score (nSPS) is 14.6. The number of methoxy groups -OCH3 is 1. The minimum Gasteiger partial charge on any atom is -0.495 e. The van der Waals surface area contributed by atoms with E-state index in [1.54, 1.807) is 19.0 Å². The summed E-state index contributed by atoms with van der Waals surface area (Å²) in [5.41, 5.74) is 1.03. The highest BCUT2D eigenvalue weighted by Crippen LogP contribution is 2.27. The monoisotopic (exact) mass is 287 g/mol. The fourth-order valence-electron chi connectivity index (χ4n) is 2.17. The Morgan fingerprint density at radius 1 is 1.43 bits per heavy atom. The van der Waals surface area contributed by atoms with Crippen LogP contribution in [0.5, 0.6) is 5.75 Å². The quantitative estimate of drug-likeness (QED) is 0.896. The van der Waals surface area contributed by atoms with Gasteiger partial charge in [-0.25, -0.2) is 0 Å². The van der Waals surface area contributed by atoms with Gasteiger partial charge in [0.15, 0.2) is 5.69 Å². The van der Waals surface area contributed by atoms with Crippen LogP contribution in [0.2, 0.25) is 0 Å². The van der Waals surface area contributed by atoms with Gasteiger partial charge in [-0.05, 0) is 12.1 Å². The first-order chi connectivity index (χ1) is 10.2. The van der Waals surface area contributed by atoms with Crippen molar-refractivity contribution in [2.75, 3.05) is 32.1 Å². The lowest BCUT2D eigenvalue weighted by Gasteiger charge is -2.25. The molecule has 0 atom stereocenters. The average molecular weight is 287 g/mol. The molecule has 21 heavy (non-hydrogen) atoms. The number of aromatic nitrogens is 3. The second-order valence-corrected chi connectivity index (χ2v) is 4.90. The Bertz CT molecular complexity index is 650. The summed E-state index contributed by atoms with van der Waals surface area (Å²) in [7, 11) is 3.28. The maximum atomic E-state index is 12.5. The molecule has 110 valence electrons. The maximum Gasteiger partial charge on any atom is 0.280 e. The Balaban J connectivity index is 1.82. The molecule has 1 N–H and O–H groups in total. The third-order valence-corrected chi connectivity index (χ3v) is 3.57. The number of carbonyl (C=O) groups is 1. The zero-order chi connectivity index (χ0) is 14.8. The van der Waals surface area contributed by atoms with Crippen LogP contribution in [0.15, 0.2) is 30.5 Å². The average Bonchev–Trinajstić information content (AvgIpc) is 2.93. The van der Waals surface area contributed by atoms with E-state index in [0.29, 0.717) is 17.1 Å². The molecule has 1 amide bonds. The Labute approximate surface area is 122 Å². The molecule has 1 fully saturated rings. The third kappa shape index (κ3) is 2.47. The van der Waals surface area contributed by atoms with Crippen LogP contribution in [0.25, 0.3) is 0 Å². The summed E-state index contributed by atoms with van der Waals surface area (Å²) in [5, 5.41) is 11.6. The molecule has 0 unspecified atom stereocenters. The van der Waals surface area contributed by atoms with E-state index in [9.17, 15) is 4.79 Å². The number of nitrogens with one attached hydrogen (secondary N) is 1. The smallest absolute Gasteiger partial charge is 0.280 e. The van der Waals surface area contributed by atoms with Crippen LogP contribution >= 0.6 is 0 Å². The van der Waals surface area contributed by atoms with Crippen molar-refractivity contribution in [3.05, 3.63) is 36.2 Å². The Morgan fingerprint density at radius 3 is 2.86 bits per heavy atom. The Hall–Kier alpha value is -2.41. The van der Waals surface area contributed by atoms with E-state index in [2.05, 4.69) is 15.5 Å². The van der Waals surface area contributed by atoms with E-state index in [0.717, 1.165) is 13.1 Å². The van der Waals surface area contributed by atoms with Crippen LogP contribution in [-0.4, -0.2) is 48.1 Å². The fraction of sp³-hybridized carbons (Fsp3) is 0.357. The van der Waals surface area contributed by atoms with Gasteiger partial charge in [-0.3, -0.25) is 4.79 Å². The third-order valence-electron chi connectivity index (χ3n) is 3.57. The van der Waals surface area contributed by atoms with Crippen LogP contribution in [-0.2, 0) is 0 Å². The molecule has 1 saturated heterocycles. The molecule has 7 heteroatoms. The first-order valence-corrected chi connectivity index (χ1v) is 6.74. The summed E-state index contributed by atoms with van der Waals surface area (Å²) in [6.07, 6.45) is 1.51. The molecule has 1 aromatic heterocycles. The summed E-state index contributed by atoms with van der Waals surface area (Å²) < 4.78 is 5.28. The van der Waals surface area contributed by atoms with E-state index in [-0.39, 0.29) is 11.9 Å². The first kappa shape index (κ1) is 13.6. The van der Waals surface area contributed by atoms with Crippen molar-refractivity contribution in [1.82, 2.24) is 20.3 Å². The lowest BCUT2D eigenvalue weighted by atomic mass is 10.2. The fourth-order valence-corrected chi connectivity index (χ4v) is 2.17. The second-order valence-electron chi connectivity index (χ2n) is 4.90. The van der Waals surface area contributed by atoms with Crippen LogP contribution in [0.4, 0.5) is 5.69 Å². The largest absolute Gasteiger partial charge is 0.495 e. The highest BCUT2D eigenvalue weighted by Gasteiger charge is 2.24. The van der Waals surface area contributed by atoms with Gasteiger partial charge >= 0.3 is 0 Å². The predicted molar refractivity (Wildman–Crippen MR) is 77.7 cm³/mol. The van der Waals surface area contributed by atoms with Gasteiger partial charge in [0.05, 0.1) is 25.0 Å². The van der Waals surface area contributed by atoms with Crippen LogP contribution in [0.1, 0.15) is 16.5 Å². The van der Waals surface area contributed by atoms with E-state index < -0.39 is 0 Å². The molecular formula is C14H17N5O2. The Kier molecular flexibility index (Phi) is 3.57. The molecule has 3 rings (SSSR count). The van der Waals surface area contributed by atoms with Crippen molar-refractivity contribution in [1.29, 1.82) is 0 Å². The lowest BCUT2D eigenvalue weighted by Crippen LogP contribution is -2.44. The highest BCUT2D eigenvalue weighted by atomic mass is 16.5. The van der Waals surface area contributed by atoms with Gasteiger partial charge in [0.25, 0.3) is 5.91 Å². The number of rotatable bonds is 4. The van der Waals surface area contributed by atoms with E-state index in [4.69, 9.17) is 4.74 Å². The molecule has 2 aromatic rings. The zero-order valence-corrected chi connectivity index (χ0v) is 12.0. The first-order valence-electron chi connectivity index (χ1n) is 6.74. The van der Waals surface area contributed by atoms with Gasteiger partial charge in [-0.2, -0.15) is 9.90 Å². The number of nitrogens with zero attached hydrogens (tertiary/aromatic N) is 4. The van der Waals surface area contributed by atoms with E-state index in [1.165, 1.54) is 11.1 Å². The minimum absolute atomic E-state index is 0.210. The summed E-state index contributed by atoms with van der Waals surface area (Å²) in [4.78, 5) is 15.6. The van der Waals surface area contributed by atoms with Gasteiger partial charge in [0.2, 0.25) is 0 Å². The number of hydrogen-bond donors (Lipinski definition) is 1. The van der Waals surface area contributed by atoms with Gasteiger partial charge in [0.1, 0.15) is 5.75 Å². The standard InChI is InChI=1S/C14H17N5O2/c1-18(12-5-3-4-6-13(12)21-2)14(20)11-9-16-19(17-11)10-7-15-8-10/h3-6,9-10,15H,7-8H2,1-2H3. The molecule has 1 aliphatic heterocycles. The van der Waals surface area contributed by atoms with Crippen LogP contribution < -0.4 is 15.0 Å². The SMILES string of the molecule is COc1ccccc1N(C)C(=O)c1cnn(C2CNC2)n1. The van der Waals surface area contributed by atoms with Crippen molar-refractivity contribution in [2.24, 2.45) is 0 Å². The minimum atomic E-state index is -0.210. The topological polar surface area (TPSA) is 72.3 Å². The number of ether oxygens (including phenoxy) is 1. The molecule has 2 heterocycles. The van der Waals surface area contributed by atoms with Gasteiger partial charge in [0, 0.05) is 20.1 Å². The molecule has 0 radical (unpaired) electrons. The number of hydrogen-bond acceptors (Lipinski definition) is 5.